The summed E-state index contributed by atoms with van der Waals surface area (Å²) in [4.78, 5) is 24.2. The fraction of sp³-hybridized carbons (Fsp3) is 0.696. The van der Waals surface area contributed by atoms with Crippen LogP contribution in [0.3, 0.4) is 0 Å². The van der Waals surface area contributed by atoms with Crippen LogP contribution >= 0.6 is 0 Å². The van der Waals surface area contributed by atoms with Crippen molar-refractivity contribution in [3.05, 3.63) is 34.4 Å². The van der Waals surface area contributed by atoms with Gasteiger partial charge in [0.1, 0.15) is 5.75 Å². The van der Waals surface area contributed by atoms with Gasteiger partial charge in [-0.25, -0.2) is 0 Å². The molecule has 0 aromatic heterocycles. The number of carbonyl (C=O) groups excluding carboxylic acids is 1. The van der Waals surface area contributed by atoms with E-state index in [0.717, 1.165) is 25.7 Å². The van der Waals surface area contributed by atoms with Crippen LogP contribution in [0.1, 0.15) is 71.1 Å². The summed E-state index contributed by atoms with van der Waals surface area (Å²) in [5.74, 6) is 2.59. The zero-order chi connectivity index (χ0) is 19.7. The van der Waals surface area contributed by atoms with Crippen molar-refractivity contribution in [3.63, 3.8) is 0 Å². The largest absolute Gasteiger partial charge is 0.426 e. The lowest BCUT2D eigenvalue weighted by Gasteiger charge is -2.41. The van der Waals surface area contributed by atoms with Crippen molar-refractivity contribution in [2.24, 2.45) is 29.1 Å². The summed E-state index contributed by atoms with van der Waals surface area (Å²) in [5, 5.41) is 10.9. The Morgan fingerprint density at radius 2 is 1.57 bits per heavy atom. The molecule has 0 heterocycles. The summed E-state index contributed by atoms with van der Waals surface area (Å²) in [6.45, 7) is 2.18. The number of ether oxygens (including phenoxy) is 1. The maximum Gasteiger partial charge on any atom is 0.318 e. The summed E-state index contributed by atoms with van der Waals surface area (Å²) >= 11 is 0. The second-order valence-corrected chi connectivity index (χ2v) is 9.04. The molecule has 0 aliphatic heterocycles. The Morgan fingerprint density at radius 3 is 2.07 bits per heavy atom. The smallest absolute Gasteiger partial charge is 0.318 e. The zero-order valence-corrected chi connectivity index (χ0v) is 16.8. The monoisotopic (exact) mass is 385 g/mol. The van der Waals surface area contributed by atoms with Crippen molar-refractivity contribution in [2.75, 3.05) is 0 Å². The molecule has 4 unspecified atom stereocenters. The first kappa shape index (κ1) is 19.4. The number of benzene rings is 1. The van der Waals surface area contributed by atoms with Gasteiger partial charge < -0.3 is 4.74 Å². The van der Waals surface area contributed by atoms with E-state index >= 15 is 0 Å². The second kappa shape index (κ2) is 7.84. The highest BCUT2D eigenvalue weighted by atomic mass is 16.6. The molecule has 4 atom stereocenters. The normalized spacial score (nSPS) is 34.3. The van der Waals surface area contributed by atoms with Crippen LogP contribution < -0.4 is 4.74 Å². The molecule has 5 nitrogen and oxygen atoms in total. The number of carbonyl (C=O) groups is 1. The average molecular weight is 386 g/mol. The molecule has 1 aromatic carbocycles. The van der Waals surface area contributed by atoms with Gasteiger partial charge in [-0.05, 0) is 67.9 Å². The van der Waals surface area contributed by atoms with Crippen LogP contribution in [0.15, 0.2) is 24.3 Å². The maximum atomic E-state index is 13.7. The van der Waals surface area contributed by atoms with Gasteiger partial charge in [0, 0.05) is 12.1 Å². The minimum Gasteiger partial charge on any atom is -0.426 e. The van der Waals surface area contributed by atoms with E-state index in [-0.39, 0.29) is 17.1 Å². The molecule has 3 fully saturated rings. The molecule has 0 spiro atoms. The number of nitro benzene ring substituents is 1. The van der Waals surface area contributed by atoms with Crippen molar-refractivity contribution in [2.45, 2.75) is 71.1 Å². The van der Waals surface area contributed by atoms with E-state index in [1.165, 1.54) is 50.7 Å². The van der Waals surface area contributed by atoms with Crippen LogP contribution in [0.25, 0.3) is 0 Å². The van der Waals surface area contributed by atoms with Gasteiger partial charge >= 0.3 is 5.97 Å². The Balaban J connectivity index is 1.65. The van der Waals surface area contributed by atoms with E-state index < -0.39 is 4.92 Å². The van der Waals surface area contributed by atoms with E-state index in [1.54, 1.807) is 12.1 Å². The molecular formula is C23H31NO4. The summed E-state index contributed by atoms with van der Waals surface area (Å²) in [5.41, 5.74) is -0.351. The number of hydrogen-bond donors (Lipinski definition) is 0. The van der Waals surface area contributed by atoms with E-state index in [1.807, 2.05) is 0 Å². The molecule has 0 N–H and O–H groups in total. The Labute approximate surface area is 167 Å². The number of fused-ring (bicyclic) bond motifs is 3. The molecule has 4 rings (SSSR count). The molecule has 0 bridgehead atoms. The Kier molecular flexibility index (Phi) is 5.44. The third-order valence-electron chi connectivity index (χ3n) is 7.81. The van der Waals surface area contributed by atoms with Gasteiger partial charge in [-0.3, -0.25) is 14.9 Å². The van der Waals surface area contributed by atoms with Crippen molar-refractivity contribution in [3.8, 4) is 5.75 Å². The minimum atomic E-state index is -0.430. The molecule has 0 amide bonds. The van der Waals surface area contributed by atoms with Gasteiger partial charge in [0.05, 0.1) is 10.3 Å². The summed E-state index contributed by atoms with van der Waals surface area (Å²) in [6.07, 6.45) is 11.7. The zero-order valence-electron chi connectivity index (χ0n) is 16.8. The fourth-order valence-electron chi connectivity index (χ4n) is 6.93. The van der Waals surface area contributed by atoms with E-state index in [0.29, 0.717) is 29.4 Å². The van der Waals surface area contributed by atoms with Crippen LogP contribution in [0.2, 0.25) is 0 Å². The van der Waals surface area contributed by atoms with Gasteiger partial charge in [0.25, 0.3) is 5.69 Å². The topological polar surface area (TPSA) is 69.4 Å². The Morgan fingerprint density at radius 1 is 1.04 bits per heavy atom. The van der Waals surface area contributed by atoms with Gasteiger partial charge in [0.2, 0.25) is 0 Å². The van der Waals surface area contributed by atoms with Gasteiger partial charge in [-0.15, -0.1) is 0 Å². The first-order chi connectivity index (χ1) is 13.6. The van der Waals surface area contributed by atoms with Gasteiger partial charge in [0.15, 0.2) is 0 Å². The predicted molar refractivity (Wildman–Crippen MR) is 107 cm³/mol. The third-order valence-corrected chi connectivity index (χ3v) is 7.81. The highest BCUT2D eigenvalue weighted by molar-refractivity contribution is 5.81. The lowest BCUT2D eigenvalue weighted by atomic mass is 9.63. The van der Waals surface area contributed by atoms with E-state index in [2.05, 4.69) is 6.92 Å². The number of nitro groups is 1. The van der Waals surface area contributed by atoms with Crippen molar-refractivity contribution < 1.29 is 14.5 Å². The minimum absolute atomic E-state index is 0.0172. The second-order valence-electron chi connectivity index (χ2n) is 9.04. The first-order valence-electron chi connectivity index (χ1n) is 11.0. The molecule has 3 saturated carbocycles. The standard InChI is InChI=1S/C23H31NO4/c1-2-15-23(22(25)28-17-13-11-16(12-14-17)24(26)27)20-9-5-3-7-18(20)19-8-4-6-10-21(19)23/h11-14,18-21H,2-10,15H2,1H3. The number of hydrogen-bond acceptors (Lipinski definition) is 4. The number of non-ortho nitro benzene ring substituents is 1. The Hall–Kier alpha value is -1.91. The molecule has 5 heteroatoms. The number of nitrogens with zero attached hydrogens (tertiary/aromatic N) is 1. The van der Waals surface area contributed by atoms with Crippen LogP contribution in [0, 0.1) is 39.2 Å². The van der Waals surface area contributed by atoms with Crippen LogP contribution in [-0.2, 0) is 4.79 Å². The highest BCUT2D eigenvalue weighted by Gasteiger charge is 2.63. The van der Waals surface area contributed by atoms with Crippen LogP contribution in [0.5, 0.6) is 5.75 Å². The van der Waals surface area contributed by atoms with Gasteiger partial charge in [-0.2, -0.15) is 0 Å². The third kappa shape index (κ3) is 3.13. The molecule has 1 aromatic rings. The quantitative estimate of drug-likeness (QED) is 0.273. The Bertz CT molecular complexity index is 707. The lowest BCUT2D eigenvalue weighted by molar-refractivity contribution is -0.384. The fourth-order valence-corrected chi connectivity index (χ4v) is 6.93. The molecule has 152 valence electrons. The molecule has 3 aliphatic carbocycles. The summed E-state index contributed by atoms with van der Waals surface area (Å²) in [6, 6.07) is 5.94. The van der Waals surface area contributed by atoms with E-state index in [4.69, 9.17) is 4.74 Å². The number of esters is 1. The highest BCUT2D eigenvalue weighted by Crippen LogP contribution is 2.65. The van der Waals surface area contributed by atoms with Gasteiger partial charge in [-0.1, -0.05) is 39.0 Å². The van der Waals surface area contributed by atoms with Crippen molar-refractivity contribution in [1.82, 2.24) is 0 Å². The summed E-state index contributed by atoms with van der Waals surface area (Å²) < 4.78 is 5.93. The molecule has 0 saturated heterocycles. The predicted octanol–water partition coefficient (Wildman–Crippen LogP) is 5.91. The molecular weight excluding hydrogens is 354 g/mol. The van der Waals surface area contributed by atoms with E-state index in [9.17, 15) is 14.9 Å². The summed E-state index contributed by atoms with van der Waals surface area (Å²) in [7, 11) is 0. The molecule has 0 radical (unpaired) electrons. The first-order valence-corrected chi connectivity index (χ1v) is 11.0. The van der Waals surface area contributed by atoms with Crippen molar-refractivity contribution >= 4 is 11.7 Å². The lowest BCUT2D eigenvalue weighted by Crippen LogP contribution is -2.45. The number of rotatable bonds is 5. The SMILES string of the molecule is CCCC1(C(=O)Oc2ccc([N+](=O)[O-])cc2)C2CCCCC2C2CCCCC21. The molecule has 28 heavy (non-hydrogen) atoms. The van der Waals surface area contributed by atoms with Crippen LogP contribution in [-0.4, -0.2) is 10.9 Å². The molecule has 3 aliphatic rings. The van der Waals surface area contributed by atoms with Crippen LogP contribution in [0.4, 0.5) is 5.69 Å². The average Bonchev–Trinajstić information content (AvgIpc) is 3.00. The maximum absolute atomic E-state index is 13.7. The van der Waals surface area contributed by atoms with Crippen molar-refractivity contribution in [1.29, 1.82) is 0 Å².